The number of carbonyl (C=O) groups excluding carboxylic acids is 2. The summed E-state index contributed by atoms with van der Waals surface area (Å²) in [6.07, 6.45) is -0.501. The van der Waals surface area contributed by atoms with Gasteiger partial charge in [-0.05, 0) is 25.1 Å². The molecule has 1 amide bonds. The van der Waals surface area contributed by atoms with Crippen LogP contribution in [-0.4, -0.2) is 33.5 Å². The fraction of sp³-hybridized carbons (Fsp3) is 0.238. The third-order valence-electron chi connectivity index (χ3n) is 4.79. The average molecular weight is 427 g/mol. The zero-order valence-electron chi connectivity index (χ0n) is 16.4. The minimum atomic E-state index is -0.489. The highest BCUT2D eigenvalue weighted by atomic mass is 35.5. The van der Waals surface area contributed by atoms with Crippen LogP contribution < -0.4 is 10.1 Å². The average Bonchev–Trinajstić information content (AvgIpc) is 3.08. The lowest BCUT2D eigenvalue weighted by atomic mass is 10.1. The summed E-state index contributed by atoms with van der Waals surface area (Å²) in [6.45, 7) is 1.73. The first-order chi connectivity index (χ1) is 14.4. The van der Waals surface area contributed by atoms with E-state index in [1.165, 1.54) is 0 Å². The number of hydrogen-bond donors (Lipinski definition) is 1. The van der Waals surface area contributed by atoms with Crippen molar-refractivity contribution in [1.29, 1.82) is 0 Å². The minimum Gasteiger partial charge on any atom is -0.482 e. The Bertz CT molecular complexity index is 1130. The molecule has 0 aliphatic carbocycles. The number of halogens is 1. The zero-order chi connectivity index (χ0) is 21.3. The van der Waals surface area contributed by atoms with Crippen molar-refractivity contribution in [3.8, 4) is 17.0 Å². The normalized spacial score (nSPS) is 13.8. The lowest BCUT2D eigenvalue weighted by molar-refractivity contribution is -0.147. The lowest BCUT2D eigenvalue weighted by Crippen LogP contribution is -2.25. The van der Waals surface area contributed by atoms with Gasteiger partial charge < -0.3 is 14.8 Å². The molecule has 1 aliphatic rings. The van der Waals surface area contributed by atoms with Gasteiger partial charge in [0.25, 0.3) is 5.91 Å². The van der Waals surface area contributed by atoms with Crippen LogP contribution in [0.3, 0.4) is 0 Å². The smallest absolute Gasteiger partial charge is 0.312 e. The number of anilines is 1. The molecule has 0 saturated heterocycles. The van der Waals surface area contributed by atoms with Crippen LogP contribution in [0.2, 0.25) is 5.02 Å². The van der Waals surface area contributed by atoms with Crippen LogP contribution in [0, 0.1) is 0 Å². The molecule has 4 rings (SSSR count). The Kier molecular flexibility index (Phi) is 5.41. The van der Waals surface area contributed by atoms with Crippen molar-refractivity contribution in [3.63, 3.8) is 0 Å². The molecule has 0 spiro atoms. The van der Waals surface area contributed by atoms with Crippen LogP contribution in [0.5, 0.6) is 5.75 Å². The lowest BCUT2D eigenvalue weighted by Gasteiger charge is -2.18. The molecule has 8 nitrogen and oxygen atoms in total. The Morgan fingerprint density at radius 3 is 2.93 bits per heavy atom. The molecule has 0 fully saturated rings. The van der Waals surface area contributed by atoms with Crippen molar-refractivity contribution in [3.05, 3.63) is 58.7 Å². The van der Waals surface area contributed by atoms with Crippen LogP contribution in [0.25, 0.3) is 11.3 Å². The van der Waals surface area contributed by atoms with Gasteiger partial charge in [0, 0.05) is 23.2 Å². The van der Waals surface area contributed by atoms with Gasteiger partial charge in [0.15, 0.2) is 6.61 Å². The maximum Gasteiger partial charge on any atom is 0.312 e. The molecule has 30 heavy (non-hydrogen) atoms. The number of esters is 1. The number of amides is 1. The molecule has 1 aromatic heterocycles. The summed E-state index contributed by atoms with van der Waals surface area (Å²) < 4.78 is 12.6. The highest BCUT2D eigenvalue weighted by Crippen LogP contribution is 2.33. The first-order valence-corrected chi connectivity index (χ1v) is 9.69. The molecule has 154 valence electrons. The Balaban J connectivity index is 1.54. The second-order valence-electron chi connectivity index (χ2n) is 6.89. The van der Waals surface area contributed by atoms with Crippen LogP contribution in [0.1, 0.15) is 24.3 Å². The highest BCUT2D eigenvalue weighted by Gasteiger charge is 2.22. The van der Waals surface area contributed by atoms with E-state index >= 15 is 0 Å². The molecule has 0 unspecified atom stereocenters. The summed E-state index contributed by atoms with van der Waals surface area (Å²) in [7, 11) is 1.71. The summed E-state index contributed by atoms with van der Waals surface area (Å²) in [5.74, 6) is -0.0833. The van der Waals surface area contributed by atoms with Gasteiger partial charge in [0.1, 0.15) is 17.5 Å². The summed E-state index contributed by atoms with van der Waals surface area (Å²) >= 11 is 6.19. The van der Waals surface area contributed by atoms with E-state index < -0.39 is 12.1 Å². The van der Waals surface area contributed by atoms with Crippen LogP contribution >= 0.6 is 11.6 Å². The monoisotopic (exact) mass is 426 g/mol. The Morgan fingerprint density at radius 1 is 1.33 bits per heavy atom. The van der Waals surface area contributed by atoms with Crippen molar-refractivity contribution in [1.82, 2.24) is 15.0 Å². The topological polar surface area (TPSA) is 95.3 Å². The largest absolute Gasteiger partial charge is 0.482 e. The van der Waals surface area contributed by atoms with Gasteiger partial charge in [-0.1, -0.05) is 41.1 Å². The van der Waals surface area contributed by atoms with E-state index in [1.807, 2.05) is 18.2 Å². The number of aromatic nitrogens is 3. The van der Waals surface area contributed by atoms with E-state index in [4.69, 9.17) is 21.1 Å². The Labute approximate surface area is 177 Å². The maximum absolute atomic E-state index is 12.6. The fourth-order valence-corrected chi connectivity index (χ4v) is 3.55. The Hall–Kier alpha value is -3.39. The highest BCUT2D eigenvalue weighted by molar-refractivity contribution is 6.31. The van der Waals surface area contributed by atoms with Crippen molar-refractivity contribution < 1.29 is 19.1 Å². The predicted octanol–water partition coefficient (Wildman–Crippen LogP) is 3.31. The molecular formula is C21H19ClN4O4. The van der Waals surface area contributed by atoms with E-state index in [-0.39, 0.29) is 18.9 Å². The van der Waals surface area contributed by atoms with E-state index in [0.29, 0.717) is 27.8 Å². The van der Waals surface area contributed by atoms with Crippen molar-refractivity contribution in [2.45, 2.75) is 19.4 Å². The molecular weight excluding hydrogens is 408 g/mol. The first-order valence-electron chi connectivity index (χ1n) is 9.32. The van der Waals surface area contributed by atoms with E-state index in [1.54, 1.807) is 42.9 Å². The zero-order valence-corrected chi connectivity index (χ0v) is 17.1. The summed E-state index contributed by atoms with van der Waals surface area (Å²) in [4.78, 5) is 24.1. The molecule has 3 aromatic rings. The van der Waals surface area contributed by atoms with Crippen LogP contribution in [0.4, 0.5) is 5.69 Å². The summed E-state index contributed by atoms with van der Waals surface area (Å²) in [6, 6.07) is 12.5. The third-order valence-corrected chi connectivity index (χ3v) is 5.14. The third kappa shape index (κ3) is 3.99. The summed E-state index contributed by atoms with van der Waals surface area (Å²) in [5, 5.41) is 11.5. The van der Waals surface area contributed by atoms with Crippen LogP contribution in [0.15, 0.2) is 42.5 Å². The molecule has 9 heteroatoms. The quantitative estimate of drug-likeness (QED) is 0.629. The van der Waals surface area contributed by atoms with E-state index in [2.05, 4.69) is 15.6 Å². The van der Waals surface area contributed by atoms with Gasteiger partial charge in [-0.2, -0.15) is 0 Å². The van der Waals surface area contributed by atoms with Crippen LogP contribution in [-0.2, 0) is 27.8 Å². The number of carbonyl (C=O) groups is 2. The fourth-order valence-electron chi connectivity index (χ4n) is 3.26. The second kappa shape index (κ2) is 8.16. The molecule has 0 bridgehead atoms. The van der Waals surface area contributed by atoms with Crippen molar-refractivity contribution in [2.75, 3.05) is 11.9 Å². The number of fused-ring (bicyclic) bond motifs is 1. The molecule has 0 saturated carbocycles. The van der Waals surface area contributed by atoms with Crippen molar-refractivity contribution in [2.24, 2.45) is 7.05 Å². The van der Waals surface area contributed by atoms with Gasteiger partial charge in [-0.15, -0.1) is 5.10 Å². The molecule has 2 aromatic carbocycles. The second-order valence-corrected chi connectivity index (χ2v) is 7.29. The van der Waals surface area contributed by atoms with Gasteiger partial charge in [-0.3, -0.25) is 14.3 Å². The minimum absolute atomic E-state index is 0.0116. The number of nitrogens with zero attached hydrogens (tertiary/aromatic N) is 3. The maximum atomic E-state index is 12.6. The van der Waals surface area contributed by atoms with Gasteiger partial charge in [0.2, 0.25) is 0 Å². The molecule has 1 atom stereocenters. The number of benzene rings is 2. The molecule has 1 N–H and O–H groups in total. The van der Waals surface area contributed by atoms with E-state index in [0.717, 1.165) is 11.1 Å². The Morgan fingerprint density at radius 2 is 2.13 bits per heavy atom. The van der Waals surface area contributed by atoms with Crippen molar-refractivity contribution >= 4 is 29.2 Å². The number of hydrogen-bond acceptors (Lipinski definition) is 6. The first kappa shape index (κ1) is 19.9. The number of nitrogens with one attached hydrogen (secondary N) is 1. The van der Waals surface area contributed by atoms with E-state index in [9.17, 15) is 9.59 Å². The van der Waals surface area contributed by atoms with Gasteiger partial charge in [0.05, 0.1) is 17.8 Å². The standard InChI is InChI=1S/C21H19ClN4O4/c1-12(14-5-3-4-6-15(14)22)30-20(28)10-17-21(24-25-26(17)2)13-7-8-16-18(9-13)29-11-19(27)23-16/h3-9,12H,10-11H2,1-2H3,(H,23,27)/t12-/m1/s1. The number of aryl methyl sites for hydroxylation is 1. The summed E-state index contributed by atoms with van der Waals surface area (Å²) in [5.41, 5.74) is 3.20. The number of rotatable bonds is 5. The van der Waals surface area contributed by atoms with Gasteiger partial charge >= 0.3 is 5.97 Å². The SMILES string of the molecule is C[C@@H](OC(=O)Cc1c(-c2ccc3c(c2)OCC(=O)N3)nnn1C)c1ccccc1Cl. The molecule has 1 aliphatic heterocycles. The van der Waals surface area contributed by atoms with Gasteiger partial charge in [-0.25, -0.2) is 0 Å². The molecule has 2 heterocycles. The number of ether oxygens (including phenoxy) is 2. The predicted molar refractivity (Wildman–Crippen MR) is 110 cm³/mol. The molecule has 0 radical (unpaired) electrons.